The van der Waals surface area contributed by atoms with Gasteiger partial charge in [-0.1, -0.05) is 12.1 Å². The molecule has 26 heavy (non-hydrogen) atoms. The predicted octanol–water partition coefficient (Wildman–Crippen LogP) is 3.15. The zero-order chi connectivity index (χ0) is 18.5. The molecule has 2 heterocycles. The fraction of sp³-hybridized carbons (Fsp3) is 0.500. The number of nitrogens with zero attached hydrogens (tertiary/aromatic N) is 3. The topological polar surface area (TPSA) is 49.6 Å². The molecule has 5 nitrogen and oxygen atoms in total. The van der Waals surface area contributed by atoms with Gasteiger partial charge in [-0.2, -0.15) is 0 Å². The summed E-state index contributed by atoms with van der Waals surface area (Å²) in [5, 5.41) is 0. The van der Waals surface area contributed by atoms with E-state index in [0.29, 0.717) is 17.4 Å². The molecular weight excluding hydrogens is 333 g/mol. The van der Waals surface area contributed by atoms with Gasteiger partial charge in [0.25, 0.3) is 5.91 Å². The molecule has 0 saturated carbocycles. The number of hydrogen-bond acceptors (Lipinski definition) is 4. The number of amides is 1. The van der Waals surface area contributed by atoms with Crippen LogP contribution >= 0.6 is 0 Å². The normalized spacial score (nSPS) is 16.0. The van der Waals surface area contributed by atoms with Gasteiger partial charge in [0.15, 0.2) is 6.39 Å². The number of halogens is 1. The van der Waals surface area contributed by atoms with E-state index in [2.05, 4.69) is 9.88 Å². The summed E-state index contributed by atoms with van der Waals surface area (Å²) in [5.74, 6) is 0.561. The fourth-order valence-corrected chi connectivity index (χ4v) is 3.48. The lowest BCUT2D eigenvalue weighted by molar-refractivity contribution is 0.0708. The predicted molar refractivity (Wildman–Crippen MR) is 97.5 cm³/mol. The molecule has 1 aromatic carbocycles. The second kappa shape index (κ2) is 8.45. The van der Waals surface area contributed by atoms with Crippen molar-refractivity contribution < 1.29 is 13.6 Å². The van der Waals surface area contributed by atoms with E-state index < -0.39 is 0 Å². The zero-order valence-corrected chi connectivity index (χ0v) is 15.4. The standard InChI is InChI=1S/C20H26FN3O2/c1-15-19(26-14-22-15)20(25)23(2)13-17-8-11-24(12-9-17)10-7-16-3-5-18(21)6-4-16/h3-6,14,17H,7-13H2,1-2H3. The Hall–Kier alpha value is -2.21. The van der Waals surface area contributed by atoms with Gasteiger partial charge in [0.05, 0.1) is 5.69 Å². The first-order valence-corrected chi connectivity index (χ1v) is 9.15. The Morgan fingerprint density at radius 1 is 1.31 bits per heavy atom. The number of likely N-dealkylation sites (tertiary alicyclic amines) is 1. The number of aryl methyl sites for hydroxylation is 1. The highest BCUT2D eigenvalue weighted by atomic mass is 19.1. The van der Waals surface area contributed by atoms with E-state index in [4.69, 9.17) is 4.42 Å². The summed E-state index contributed by atoms with van der Waals surface area (Å²) in [5.41, 5.74) is 1.80. The van der Waals surface area contributed by atoms with Crippen LogP contribution < -0.4 is 0 Å². The first-order chi connectivity index (χ1) is 12.5. The molecule has 0 atom stereocenters. The van der Waals surface area contributed by atoms with Crippen LogP contribution in [0.15, 0.2) is 35.1 Å². The molecule has 2 aromatic rings. The van der Waals surface area contributed by atoms with E-state index in [1.807, 2.05) is 19.2 Å². The number of benzene rings is 1. The summed E-state index contributed by atoms with van der Waals surface area (Å²) >= 11 is 0. The smallest absolute Gasteiger partial charge is 0.291 e. The molecule has 6 heteroatoms. The van der Waals surface area contributed by atoms with Crippen LogP contribution in [0.1, 0.15) is 34.7 Å². The number of oxazole rings is 1. The van der Waals surface area contributed by atoms with Crippen molar-refractivity contribution in [2.75, 3.05) is 33.2 Å². The maximum absolute atomic E-state index is 12.9. The molecule has 0 N–H and O–H groups in total. The van der Waals surface area contributed by atoms with Crippen molar-refractivity contribution in [1.82, 2.24) is 14.8 Å². The average molecular weight is 359 g/mol. The Morgan fingerprint density at radius 3 is 2.62 bits per heavy atom. The van der Waals surface area contributed by atoms with Crippen LogP contribution in [0, 0.1) is 18.7 Å². The fourth-order valence-electron chi connectivity index (χ4n) is 3.48. The third-order valence-corrected chi connectivity index (χ3v) is 5.16. The molecule has 1 saturated heterocycles. The maximum atomic E-state index is 12.9. The molecule has 1 aliphatic heterocycles. The SMILES string of the molecule is Cc1ncoc1C(=O)N(C)CC1CCN(CCc2ccc(F)cc2)CC1. The van der Waals surface area contributed by atoms with Gasteiger partial charge < -0.3 is 14.2 Å². The average Bonchev–Trinajstić information content (AvgIpc) is 3.07. The largest absolute Gasteiger partial charge is 0.438 e. The summed E-state index contributed by atoms with van der Waals surface area (Å²) in [7, 11) is 1.82. The van der Waals surface area contributed by atoms with Gasteiger partial charge in [0.1, 0.15) is 5.82 Å². The third kappa shape index (κ3) is 4.69. The van der Waals surface area contributed by atoms with Crippen molar-refractivity contribution in [3.8, 4) is 0 Å². The summed E-state index contributed by atoms with van der Waals surface area (Å²) in [6.07, 6.45) is 4.41. The van der Waals surface area contributed by atoms with Gasteiger partial charge in [-0.25, -0.2) is 9.37 Å². The van der Waals surface area contributed by atoms with Crippen LogP contribution in [-0.4, -0.2) is 53.9 Å². The molecule has 0 unspecified atom stereocenters. The molecule has 1 aromatic heterocycles. The highest BCUT2D eigenvalue weighted by molar-refractivity contribution is 5.92. The van der Waals surface area contributed by atoms with Gasteiger partial charge in [0, 0.05) is 20.1 Å². The first-order valence-electron chi connectivity index (χ1n) is 9.15. The monoisotopic (exact) mass is 359 g/mol. The van der Waals surface area contributed by atoms with E-state index in [9.17, 15) is 9.18 Å². The van der Waals surface area contributed by atoms with Crippen molar-refractivity contribution in [2.45, 2.75) is 26.2 Å². The van der Waals surface area contributed by atoms with E-state index in [1.165, 1.54) is 24.1 Å². The van der Waals surface area contributed by atoms with Gasteiger partial charge in [0.2, 0.25) is 5.76 Å². The Bertz CT molecular complexity index is 721. The molecule has 0 bridgehead atoms. The lowest BCUT2D eigenvalue weighted by atomic mass is 9.96. The summed E-state index contributed by atoms with van der Waals surface area (Å²) in [6, 6.07) is 6.75. The van der Waals surface area contributed by atoms with Gasteiger partial charge in [-0.05, 0) is 62.9 Å². The van der Waals surface area contributed by atoms with Gasteiger partial charge >= 0.3 is 0 Å². The number of piperidine rings is 1. The van der Waals surface area contributed by atoms with Crippen molar-refractivity contribution in [3.63, 3.8) is 0 Å². The minimum Gasteiger partial charge on any atom is -0.438 e. The minimum atomic E-state index is -0.186. The molecule has 1 fully saturated rings. The van der Waals surface area contributed by atoms with Crippen LogP contribution in [0.25, 0.3) is 0 Å². The van der Waals surface area contributed by atoms with E-state index in [0.717, 1.165) is 45.4 Å². The zero-order valence-electron chi connectivity index (χ0n) is 15.4. The molecule has 0 aliphatic carbocycles. The Labute approximate surface area is 153 Å². The summed E-state index contributed by atoms with van der Waals surface area (Å²) < 4.78 is 18.2. The number of hydrogen-bond donors (Lipinski definition) is 0. The van der Waals surface area contributed by atoms with Crippen molar-refractivity contribution >= 4 is 5.91 Å². The lowest BCUT2D eigenvalue weighted by Crippen LogP contribution is -2.40. The Kier molecular flexibility index (Phi) is 6.04. The van der Waals surface area contributed by atoms with Crippen molar-refractivity contribution in [2.24, 2.45) is 5.92 Å². The molecular formula is C20H26FN3O2. The van der Waals surface area contributed by atoms with Crippen LogP contribution in [0.4, 0.5) is 4.39 Å². The third-order valence-electron chi connectivity index (χ3n) is 5.16. The second-order valence-corrected chi connectivity index (χ2v) is 7.11. The van der Waals surface area contributed by atoms with Crippen molar-refractivity contribution in [1.29, 1.82) is 0 Å². The van der Waals surface area contributed by atoms with Crippen molar-refractivity contribution in [3.05, 3.63) is 53.5 Å². The first kappa shape index (κ1) is 18.6. The highest BCUT2D eigenvalue weighted by Gasteiger charge is 2.24. The Morgan fingerprint density at radius 2 is 2.00 bits per heavy atom. The Balaban J connectivity index is 1.41. The molecule has 3 rings (SSSR count). The number of rotatable bonds is 6. The summed E-state index contributed by atoms with van der Waals surface area (Å²) in [6.45, 7) is 5.59. The van der Waals surface area contributed by atoms with E-state index in [1.54, 1.807) is 11.8 Å². The highest BCUT2D eigenvalue weighted by Crippen LogP contribution is 2.20. The van der Waals surface area contributed by atoms with Crippen LogP contribution in [0.2, 0.25) is 0 Å². The van der Waals surface area contributed by atoms with Crippen LogP contribution in [0.3, 0.4) is 0 Å². The molecule has 1 amide bonds. The quantitative estimate of drug-likeness (QED) is 0.795. The lowest BCUT2D eigenvalue weighted by Gasteiger charge is -2.33. The number of aromatic nitrogens is 1. The molecule has 140 valence electrons. The molecule has 1 aliphatic rings. The second-order valence-electron chi connectivity index (χ2n) is 7.11. The van der Waals surface area contributed by atoms with Crippen LogP contribution in [-0.2, 0) is 6.42 Å². The van der Waals surface area contributed by atoms with Gasteiger partial charge in [-0.3, -0.25) is 4.79 Å². The molecule has 0 radical (unpaired) electrons. The number of carbonyl (C=O) groups excluding carboxylic acids is 1. The number of carbonyl (C=O) groups is 1. The summed E-state index contributed by atoms with van der Waals surface area (Å²) in [4.78, 5) is 20.6. The molecule has 0 spiro atoms. The maximum Gasteiger partial charge on any atom is 0.291 e. The van der Waals surface area contributed by atoms with E-state index in [-0.39, 0.29) is 11.7 Å². The van der Waals surface area contributed by atoms with Gasteiger partial charge in [-0.15, -0.1) is 0 Å². The minimum absolute atomic E-state index is 0.0984. The van der Waals surface area contributed by atoms with Crippen LogP contribution in [0.5, 0.6) is 0 Å². The van der Waals surface area contributed by atoms with E-state index >= 15 is 0 Å².